The molecule has 0 spiro atoms. The van der Waals surface area contributed by atoms with E-state index >= 15 is 0 Å². The molecule has 2 N–H and O–H groups in total. The molecule has 3 heterocycles. The van der Waals surface area contributed by atoms with E-state index in [1.807, 2.05) is 48.7 Å². The van der Waals surface area contributed by atoms with Crippen LogP contribution in [-0.4, -0.2) is 56.9 Å². The van der Waals surface area contributed by atoms with E-state index in [-0.39, 0.29) is 6.61 Å². The van der Waals surface area contributed by atoms with Gasteiger partial charge < -0.3 is 19.4 Å². The van der Waals surface area contributed by atoms with Crippen LogP contribution in [0.5, 0.6) is 5.75 Å². The van der Waals surface area contributed by atoms with Crippen molar-refractivity contribution in [2.24, 2.45) is 0 Å². The van der Waals surface area contributed by atoms with Crippen molar-refractivity contribution in [1.29, 1.82) is 0 Å². The number of imidazole rings is 1. The largest absolute Gasteiger partial charge is 0.497 e. The van der Waals surface area contributed by atoms with Crippen LogP contribution < -0.4 is 4.74 Å². The van der Waals surface area contributed by atoms with Crippen LogP contribution >= 0.6 is 0 Å². The predicted molar refractivity (Wildman–Crippen MR) is 108 cm³/mol. The second-order valence-corrected chi connectivity index (χ2v) is 7.58. The van der Waals surface area contributed by atoms with E-state index in [0.717, 1.165) is 54.4 Å². The number of aromatic nitrogens is 2. The fourth-order valence-corrected chi connectivity index (χ4v) is 3.94. The minimum Gasteiger partial charge on any atom is -0.497 e. The predicted octanol–water partition coefficient (Wildman–Crippen LogP) is 2.72. The van der Waals surface area contributed by atoms with Crippen molar-refractivity contribution in [3.8, 4) is 17.0 Å². The molecule has 148 valence electrons. The highest BCUT2D eigenvalue weighted by molar-refractivity contribution is 5.67. The Kier molecular flexibility index (Phi) is 5.35. The maximum absolute atomic E-state index is 10.5. The second-order valence-electron chi connectivity index (χ2n) is 7.58. The number of hydrogen-bond donors (Lipinski definition) is 2. The molecule has 1 fully saturated rings. The van der Waals surface area contributed by atoms with Gasteiger partial charge in [0.1, 0.15) is 11.4 Å². The quantitative estimate of drug-likeness (QED) is 0.711. The third kappa shape index (κ3) is 3.76. The molecule has 6 nitrogen and oxygen atoms in total. The normalized spacial score (nSPS) is 21.0. The Labute approximate surface area is 165 Å². The number of nitrogens with zero attached hydrogens (tertiary/aromatic N) is 3. The highest BCUT2D eigenvalue weighted by atomic mass is 16.5. The zero-order chi connectivity index (χ0) is 19.6. The Morgan fingerprint density at radius 3 is 2.68 bits per heavy atom. The molecule has 1 aromatic carbocycles. The zero-order valence-corrected chi connectivity index (χ0v) is 16.2. The van der Waals surface area contributed by atoms with Crippen LogP contribution in [0.2, 0.25) is 0 Å². The minimum atomic E-state index is -0.951. The summed E-state index contributed by atoms with van der Waals surface area (Å²) in [4.78, 5) is 7.22. The highest BCUT2D eigenvalue weighted by Gasteiger charge is 2.30. The first-order chi connectivity index (χ1) is 13.6. The smallest absolute Gasteiger partial charge is 0.137 e. The van der Waals surface area contributed by atoms with Crippen molar-refractivity contribution in [3.05, 3.63) is 54.4 Å². The van der Waals surface area contributed by atoms with Crippen molar-refractivity contribution in [3.63, 3.8) is 0 Å². The van der Waals surface area contributed by atoms with Crippen molar-refractivity contribution < 1.29 is 14.9 Å². The number of hydrogen-bond acceptors (Lipinski definition) is 5. The first kappa shape index (κ1) is 18.9. The molecule has 1 saturated heterocycles. The van der Waals surface area contributed by atoms with Gasteiger partial charge in [-0.1, -0.05) is 6.07 Å². The molecule has 1 aliphatic heterocycles. The lowest BCUT2D eigenvalue weighted by atomic mass is 9.96. The summed E-state index contributed by atoms with van der Waals surface area (Å²) in [7, 11) is 1.66. The molecule has 3 aromatic rings. The molecule has 0 radical (unpaired) electrons. The lowest BCUT2D eigenvalue weighted by Crippen LogP contribution is -2.34. The fourth-order valence-electron chi connectivity index (χ4n) is 3.94. The lowest BCUT2D eigenvalue weighted by Gasteiger charge is -2.24. The molecule has 0 saturated carbocycles. The van der Waals surface area contributed by atoms with E-state index in [4.69, 9.17) is 9.72 Å². The third-order valence-corrected chi connectivity index (χ3v) is 5.67. The fraction of sp³-hybridized carbons (Fsp3) is 0.409. The van der Waals surface area contributed by atoms with Gasteiger partial charge in [-0.05, 0) is 62.2 Å². The Hall–Kier alpha value is -2.41. The standard InChI is InChI=1S/C22H27N3O3/c1-28-18-8-6-17(7-9-18)21-19(25-13-3-2-5-20(25)23-21)15-24-12-4-10-22(27,16-26)11-14-24/h2-3,5-9,13,26-27H,4,10-12,14-16H2,1H3/t22-/m1/s1. The van der Waals surface area contributed by atoms with Crippen molar-refractivity contribution >= 4 is 5.65 Å². The molecule has 0 aliphatic carbocycles. The van der Waals surface area contributed by atoms with Gasteiger partial charge in [-0.3, -0.25) is 4.90 Å². The van der Waals surface area contributed by atoms with Gasteiger partial charge in [0, 0.05) is 24.8 Å². The number of rotatable bonds is 5. The molecule has 0 amide bonds. The summed E-state index contributed by atoms with van der Waals surface area (Å²) in [5.41, 5.74) is 3.13. The summed E-state index contributed by atoms with van der Waals surface area (Å²) in [6.45, 7) is 2.21. The van der Waals surface area contributed by atoms with Crippen molar-refractivity contribution in [2.75, 3.05) is 26.8 Å². The van der Waals surface area contributed by atoms with E-state index in [9.17, 15) is 10.2 Å². The molecule has 2 aromatic heterocycles. The Morgan fingerprint density at radius 1 is 1.11 bits per heavy atom. The summed E-state index contributed by atoms with van der Waals surface area (Å²) in [6.07, 6.45) is 4.13. The molecule has 0 bridgehead atoms. The van der Waals surface area contributed by atoms with Gasteiger partial charge in [0.15, 0.2) is 0 Å². The molecule has 0 unspecified atom stereocenters. The zero-order valence-electron chi connectivity index (χ0n) is 16.2. The Morgan fingerprint density at radius 2 is 1.93 bits per heavy atom. The molecule has 1 aliphatic rings. The second kappa shape index (κ2) is 7.91. The number of benzene rings is 1. The molecule has 6 heteroatoms. The van der Waals surface area contributed by atoms with Crippen LogP contribution in [0.1, 0.15) is 25.0 Å². The van der Waals surface area contributed by atoms with Crippen LogP contribution in [0.3, 0.4) is 0 Å². The Bertz CT molecular complexity index is 938. The highest BCUT2D eigenvalue weighted by Crippen LogP contribution is 2.29. The SMILES string of the molecule is COc1ccc(-c2nc3ccccn3c2CN2CCC[C@](O)(CO)CC2)cc1. The van der Waals surface area contributed by atoms with Gasteiger partial charge >= 0.3 is 0 Å². The monoisotopic (exact) mass is 381 g/mol. The number of likely N-dealkylation sites (tertiary alicyclic amines) is 1. The Balaban J connectivity index is 1.67. The van der Waals surface area contributed by atoms with Gasteiger partial charge in [-0.2, -0.15) is 0 Å². The molecule has 28 heavy (non-hydrogen) atoms. The number of fused-ring (bicyclic) bond motifs is 1. The minimum absolute atomic E-state index is 0.173. The number of methoxy groups -OCH3 is 1. The summed E-state index contributed by atoms with van der Waals surface area (Å²) in [5.74, 6) is 0.824. The van der Waals surface area contributed by atoms with Crippen LogP contribution in [0.4, 0.5) is 0 Å². The van der Waals surface area contributed by atoms with Crippen LogP contribution in [0.25, 0.3) is 16.9 Å². The number of ether oxygens (including phenoxy) is 1. The van der Waals surface area contributed by atoms with Gasteiger partial charge in [-0.15, -0.1) is 0 Å². The van der Waals surface area contributed by atoms with E-state index in [0.29, 0.717) is 12.8 Å². The van der Waals surface area contributed by atoms with Crippen molar-refractivity contribution in [1.82, 2.24) is 14.3 Å². The van der Waals surface area contributed by atoms with E-state index in [1.165, 1.54) is 0 Å². The summed E-state index contributed by atoms with van der Waals surface area (Å²) in [5, 5.41) is 20.0. The number of aliphatic hydroxyl groups excluding tert-OH is 1. The average Bonchev–Trinajstić information content (AvgIpc) is 2.99. The molecule has 4 rings (SSSR count). The van der Waals surface area contributed by atoms with Crippen molar-refractivity contribution in [2.45, 2.75) is 31.4 Å². The van der Waals surface area contributed by atoms with Crippen LogP contribution in [0.15, 0.2) is 48.7 Å². The maximum Gasteiger partial charge on any atom is 0.137 e. The maximum atomic E-state index is 10.5. The summed E-state index contributed by atoms with van der Waals surface area (Å²) < 4.78 is 7.42. The average molecular weight is 381 g/mol. The van der Waals surface area contributed by atoms with Gasteiger partial charge in [0.05, 0.1) is 30.7 Å². The summed E-state index contributed by atoms with van der Waals surface area (Å²) >= 11 is 0. The van der Waals surface area contributed by atoms with Gasteiger partial charge in [-0.25, -0.2) is 4.98 Å². The molecular weight excluding hydrogens is 354 g/mol. The molecule has 1 atom stereocenters. The first-order valence-corrected chi connectivity index (χ1v) is 9.78. The summed E-state index contributed by atoms with van der Waals surface area (Å²) in [6, 6.07) is 14.0. The topological polar surface area (TPSA) is 70.2 Å². The molecular formula is C22H27N3O3. The van der Waals surface area contributed by atoms with E-state index in [1.54, 1.807) is 7.11 Å². The van der Waals surface area contributed by atoms with Crippen LogP contribution in [-0.2, 0) is 6.54 Å². The van der Waals surface area contributed by atoms with Gasteiger partial charge in [0.25, 0.3) is 0 Å². The van der Waals surface area contributed by atoms with Crippen LogP contribution in [0, 0.1) is 0 Å². The third-order valence-electron chi connectivity index (χ3n) is 5.67. The van der Waals surface area contributed by atoms with E-state index in [2.05, 4.69) is 9.30 Å². The first-order valence-electron chi connectivity index (χ1n) is 9.78. The number of pyridine rings is 1. The lowest BCUT2D eigenvalue weighted by molar-refractivity contribution is -0.0255. The van der Waals surface area contributed by atoms with E-state index < -0.39 is 5.60 Å². The number of aliphatic hydroxyl groups is 2. The van der Waals surface area contributed by atoms with Gasteiger partial charge in [0.2, 0.25) is 0 Å².